The van der Waals surface area contributed by atoms with Crippen LogP contribution in [0, 0.1) is 5.82 Å². The average molecular weight is 234 g/mol. The summed E-state index contributed by atoms with van der Waals surface area (Å²) < 4.78 is 14.5. The maximum absolute atomic E-state index is 12.7. The van der Waals surface area contributed by atoms with E-state index in [0.717, 1.165) is 5.69 Å². The molecular formula is C12H15FN4. The van der Waals surface area contributed by atoms with Crippen molar-refractivity contribution in [2.24, 2.45) is 0 Å². The Hall–Kier alpha value is -1.75. The molecular weight excluding hydrogens is 219 g/mol. The van der Waals surface area contributed by atoms with Crippen LogP contribution in [0.5, 0.6) is 0 Å². The molecule has 0 aliphatic heterocycles. The minimum absolute atomic E-state index is 0.337. The van der Waals surface area contributed by atoms with Crippen molar-refractivity contribution in [3.63, 3.8) is 0 Å². The van der Waals surface area contributed by atoms with Crippen LogP contribution in [0.3, 0.4) is 0 Å². The molecule has 0 fully saturated rings. The summed E-state index contributed by atoms with van der Waals surface area (Å²) in [4.78, 5) is 8.24. The van der Waals surface area contributed by atoms with E-state index in [0.29, 0.717) is 18.4 Å². The van der Waals surface area contributed by atoms with Crippen molar-refractivity contribution in [1.29, 1.82) is 0 Å². The van der Waals surface area contributed by atoms with Crippen molar-refractivity contribution >= 4 is 0 Å². The molecule has 17 heavy (non-hydrogen) atoms. The second kappa shape index (κ2) is 5.05. The summed E-state index contributed by atoms with van der Waals surface area (Å²) in [6.45, 7) is 4.88. The maximum Gasteiger partial charge on any atom is 0.141 e. The van der Waals surface area contributed by atoms with Crippen LogP contribution in [0.2, 0.25) is 0 Å². The van der Waals surface area contributed by atoms with Gasteiger partial charge in [0.25, 0.3) is 0 Å². The molecule has 5 heteroatoms. The Morgan fingerprint density at radius 2 is 2.18 bits per heavy atom. The van der Waals surface area contributed by atoms with Crippen molar-refractivity contribution in [2.75, 3.05) is 0 Å². The van der Waals surface area contributed by atoms with Gasteiger partial charge in [0.1, 0.15) is 18.0 Å². The number of rotatable bonds is 4. The molecule has 90 valence electrons. The van der Waals surface area contributed by atoms with Crippen molar-refractivity contribution in [3.8, 4) is 5.82 Å². The zero-order valence-corrected chi connectivity index (χ0v) is 9.89. The van der Waals surface area contributed by atoms with Gasteiger partial charge in [0.2, 0.25) is 0 Å². The van der Waals surface area contributed by atoms with E-state index in [1.807, 2.05) is 6.20 Å². The number of halogens is 1. The van der Waals surface area contributed by atoms with E-state index in [9.17, 15) is 4.39 Å². The van der Waals surface area contributed by atoms with Gasteiger partial charge in [0, 0.05) is 18.8 Å². The highest BCUT2D eigenvalue weighted by atomic mass is 19.1. The topological polar surface area (TPSA) is 42.7 Å². The molecule has 2 rings (SSSR count). The van der Waals surface area contributed by atoms with Crippen LogP contribution in [0.1, 0.15) is 19.5 Å². The van der Waals surface area contributed by atoms with Gasteiger partial charge in [-0.2, -0.15) is 0 Å². The Balaban J connectivity index is 2.10. The van der Waals surface area contributed by atoms with E-state index in [-0.39, 0.29) is 5.82 Å². The lowest BCUT2D eigenvalue weighted by Crippen LogP contribution is -2.21. The maximum atomic E-state index is 12.7. The first-order valence-electron chi connectivity index (χ1n) is 5.53. The number of nitrogens with zero attached hydrogens (tertiary/aromatic N) is 3. The predicted molar refractivity (Wildman–Crippen MR) is 63.3 cm³/mol. The molecule has 0 unspecified atom stereocenters. The largest absolute Gasteiger partial charge is 0.309 e. The average Bonchev–Trinajstić information content (AvgIpc) is 2.76. The highest BCUT2D eigenvalue weighted by molar-refractivity contribution is 5.23. The molecule has 0 bridgehead atoms. The third-order valence-electron chi connectivity index (χ3n) is 2.30. The molecule has 4 nitrogen and oxygen atoms in total. The predicted octanol–water partition coefficient (Wildman–Crippen LogP) is 1.90. The fraction of sp³-hybridized carbons (Fsp3) is 0.333. The van der Waals surface area contributed by atoms with E-state index in [1.165, 1.54) is 12.3 Å². The zero-order chi connectivity index (χ0) is 12.3. The Morgan fingerprint density at radius 3 is 2.82 bits per heavy atom. The lowest BCUT2D eigenvalue weighted by atomic mass is 10.3. The zero-order valence-electron chi connectivity index (χ0n) is 9.89. The third-order valence-corrected chi connectivity index (χ3v) is 2.30. The molecule has 0 aromatic carbocycles. The van der Waals surface area contributed by atoms with Crippen molar-refractivity contribution in [2.45, 2.75) is 26.4 Å². The number of imidazole rings is 1. The van der Waals surface area contributed by atoms with Gasteiger partial charge in [0.15, 0.2) is 0 Å². The lowest BCUT2D eigenvalue weighted by Gasteiger charge is -2.04. The molecule has 2 aromatic rings. The Morgan fingerprint density at radius 1 is 1.35 bits per heavy atom. The summed E-state index contributed by atoms with van der Waals surface area (Å²) in [6.07, 6.45) is 4.76. The molecule has 0 saturated carbocycles. The highest BCUT2D eigenvalue weighted by Gasteiger charge is 2.02. The Bertz CT molecular complexity index is 476. The second-order valence-electron chi connectivity index (χ2n) is 4.14. The summed E-state index contributed by atoms with van der Waals surface area (Å²) in [7, 11) is 0. The summed E-state index contributed by atoms with van der Waals surface area (Å²) >= 11 is 0. The van der Waals surface area contributed by atoms with Gasteiger partial charge >= 0.3 is 0 Å². The lowest BCUT2D eigenvalue weighted by molar-refractivity contribution is 0.582. The van der Waals surface area contributed by atoms with Crippen LogP contribution in [0.4, 0.5) is 4.39 Å². The number of hydrogen-bond donors (Lipinski definition) is 1. The highest BCUT2D eigenvalue weighted by Crippen LogP contribution is 2.06. The quantitative estimate of drug-likeness (QED) is 0.878. The molecule has 1 N–H and O–H groups in total. The summed E-state index contributed by atoms with van der Waals surface area (Å²) in [6, 6.07) is 3.43. The van der Waals surface area contributed by atoms with E-state index in [1.54, 1.807) is 17.0 Å². The molecule has 0 saturated heterocycles. The van der Waals surface area contributed by atoms with Gasteiger partial charge in [0.05, 0.1) is 11.9 Å². The summed E-state index contributed by atoms with van der Waals surface area (Å²) in [5, 5.41) is 3.28. The number of hydrogen-bond acceptors (Lipinski definition) is 3. The molecule has 0 aliphatic rings. The van der Waals surface area contributed by atoms with Gasteiger partial charge in [-0.3, -0.25) is 4.57 Å². The first kappa shape index (κ1) is 11.7. The first-order valence-corrected chi connectivity index (χ1v) is 5.53. The molecule has 0 radical (unpaired) electrons. The monoisotopic (exact) mass is 234 g/mol. The number of aromatic nitrogens is 3. The molecule has 0 amide bonds. The normalized spacial score (nSPS) is 11.1. The number of nitrogens with one attached hydrogen (secondary N) is 1. The van der Waals surface area contributed by atoms with E-state index in [4.69, 9.17) is 0 Å². The molecule has 0 aliphatic carbocycles. The molecule has 2 heterocycles. The molecule has 2 aromatic heterocycles. The summed E-state index contributed by atoms with van der Waals surface area (Å²) in [5.74, 6) is 0.324. The van der Waals surface area contributed by atoms with Crippen LogP contribution in [0.15, 0.2) is 30.9 Å². The van der Waals surface area contributed by atoms with Gasteiger partial charge in [-0.15, -0.1) is 0 Å². The van der Waals surface area contributed by atoms with Gasteiger partial charge in [-0.25, -0.2) is 14.4 Å². The second-order valence-corrected chi connectivity index (χ2v) is 4.14. The minimum Gasteiger partial charge on any atom is -0.309 e. The van der Waals surface area contributed by atoms with Crippen molar-refractivity contribution in [1.82, 2.24) is 19.9 Å². The smallest absolute Gasteiger partial charge is 0.141 e. The van der Waals surface area contributed by atoms with Crippen LogP contribution >= 0.6 is 0 Å². The van der Waals surface area contributed by atoms with Gasteiger partial charge < -0.3 is 5.32 Å². The standard InChI is InChI=1S/C12H15FN4/c1-9(2)14-6-11-7-17(8-16-11)12-4-3-10(13)5-15-12/h3-5,7-9,14H,6H2,1-2H3. The SMILES string of the molecule is CC(C)NCc1cn(-c2ccc(F)cn2)cn1. The Kier molecular flexibility index (Phi) is 3.49. The first-order chi connectivity index (χ1) is 8.15. The van der Waals surface area contributed by atoms with E-state index < -0.39 is 0 Å². The molecule has 0 spiro atoms. The number of pyridine rings is 1. The van der Waals surface area contributed by atoms with E-state index in [2.05, 4.69) is 29.1 Å². The van der Waals surface area contributed by atoms with Crippen molar-refractivity contribution in [3.05, 3.63) is 42.4 Å². The van der Waals surface area contributed by atoms with E-state index >= 15 is 0 Å². The fourth-order valence-corrected chi connectivity index (χ4v) is 1.41. The fourth-order valence-electron chi connectivity index (χ4n) is 1.41. The van der Waals surface area contributed by atoms with Crippen LogP contribution < -0.4 is 5.32 Å². The van der Waals surface area contributed by atoms with Crippen molar-refractivity contribution < 1.29 is 4.39 Å². The van der Waals surface area contributed by atoms with Crippen LogP contribution in [-0.2, 0) is 6.54 Å². The van der Waals surface area contributed by atoms with Crippen LogP contribution in [0.25, 0.3) is 5.82 Å². The Labute approximate surface area is 99.5 Å². The van der Waals surface area contributed by atoms with Gasteiger partial charge in [-0.1, -0.05) is 13.8 Å². The van der Waals surface area contributed by atoms with Crippen LogP contribution in [-0.4, -0.2) is 20.6 Å². The molecule has 0 atom stereocenters. The van der Waals surface area contributed by atoms with Gasteiger partial charge in [-0.05, 0) is 12.1 Å². The summed E-state index contributed by atoms with van der Waals surface area (Å²) in [5.41, 5.74) is 0.935. The minimum atomic E-state index is -0.337. The third kappa shape index (κ3) is 3.10.